The maximum atomic E-state index is 13.1. The Kier molecular flexibility index (Phi) is 10.7. The van der Waals surface area contributed by atoms with Gasteiger partial charge in [0.2, 0.25) is 17.7 Å². The van der Waals surface area contributed by atoms with Crippen molar-refractivity contribution in [3.8, 4) is 0 Å². The van der Waals surface area contributed by atoms with Crippen molar-refractivity contribution in [2.45, 2.75) is 64.1 Å². The molecule has 0 aromatic heterocycles. The lowest BCUT2D eigenvalue weighted by Crippen LogP contribution is -2.55. The van der Waals surface area contributed by atoms with Gasteiger partial charge in [-0.3, -0.25) is 19.4 Å². The summed E-state index contributed by atoms with van der Waals surface area (Å²) in [4.78, 5) is 54.4. The van der Waals surface area contributed by atoms with E-state index in [-0.39, 0.29) is 37.8 Å². The van der Waals surface area contributed by atoms with Crippen LogP contribution >= 0.6 is 0 Å². The van der Waals surface area contributed by atoms with Gasteiger partial charge in [0.05, 0.1) is 6.54 Å². The number of hydrogen-bond donors (Lipinski definition) is 6. The van der Waals surface area contributed by atoms with Crippen LogP contribution in [0, 0.1) is 5.92 Å². The van der Waals surface area contributed by atoms with E-state index in [9.17, 15) is 24.3 Å². The number of guanidine groups is 1. The molecule has 1 heterocycles. The van der Waals surface area contributed by atoms with Crippen LogP contribution < -0.4 is 27.8 Å². The maximum absolute atomic E-state index is 13.1. The highest BCUT2D eigenvalue weighted by molar-refractivity contribution is 5.94. The quantitative estimate of drug-likeness (QED) is 0.114. The van der Waals surface area contributed by atoms with E-state index >= 15 is 0 Å². The van der Waals surface area contributed by atoms with Crippen molar-refractivity contribution in [3.63, 3.8) is 0 Å². The summed E-state index contributed by atoms with van der Waals surface area (Å²) in [5.41, 5.74) is 15.9. The average molecular weight is 442 g/mol. The summed E-state index contributed by atoms with van der Waals surface area (Å²) < 4.78 is 0. The van der Waals surface area contributed by atoms with Crippen LogP contribution in [0.4, 0.5) is 0 Å². The molecule has 0 radical (unpaired) electrons. The molecular weight excluding hydrogens is 406 g/mol. The number of aliphatic imine (C=N–C) groups is 1. The Morgan fingerprint density at radius 1 is 1.16 bits per heavy atom. The number of nitrogens with one attached hydrogen (secondary N) is 2. The molecule has 0 aromatic carbocycles. The second-order valence-corrected chi connectivity index (χ2v) is 7.99. The number of carbonyl (C=O) groups excluding carboxylic acids is 3. The molecule has 9 N–H and O–H groups in total. The summed E-state index contributed by atoms with van der Waals surface area (Å²) in [5.74, 6) is -2.54. The molecule has 1 aliphatic heterocycles. The summed E-state index contributed by atoms with van der Waals surface area (Å²) in [5, 5.41) is 14.5. The van der Waals surface area contributed by atoms with Crippen molar-refractivity contribution >= 4 is 29.7 Å². The number of aliphatic carboxylic acids is 1. The number of rotatable bonds is 12. The highest BCUT2D eigenvalue weighted by atomic mass is 16.4. The first-order valence-corrected chi connectivity index (χ1v) is 10.4. The number of carboxylic acid groups (broad SMARTS) is 1. The van der Waals surface area contributed by atoms with Crippen molar-refractivity contribution in [1.29, 1.82) is 0 Å². The number of nitrogens with two attached hydrogens (primary N) is 3. The third kappa shape index (κ3) is 8.79. The standard InChI is InChI=1S/C19H35N7O5/c1-11(2)9-13(18(30)31)25-16(28)14-6-4-8-26(14)17(29)12(24-15(27)10-20)5-3-7-23-19(21)22/h11-14H,3-10,20H2,1-2H3,(H,24,27)(H,25,28)(H,30,31)(H4,21,22,23). The van der Waals surface area contributed by atoms with Crippen LogP contribution in [0.1, 0.15) is 46.0 Å². The van der Waals surface area contributed by atoms with Crippen molar-refractivity contribution in [1.82, 2.24) is 15.5 Å². The number of likely N-dealkylation sites (tertiary alicyclic amines) is 1. The normalized spacial score (nSPS) is 17.7. The molecular formula is C19H35N7O5. The van der Waals surface area contributed by atoms with E-state index < -0.39 is 41.8 Å². The Morgan fingerprint density at radius 3 is 2.39 bits per heavy atom. The molecule has 3 amide bonds. The van der Waals surface area contributed by atoms with Crippen LogP contribution in [0.25, 0.3) is 0 Å². The van der Waals surface area contributed by atoms with Gasteiger partial charge in [-0.15, -0.1) is 0 Å². The number of carbonyl (C=O) groups is 4. The minimum absolute atomic E-state index is 0.0699. The van der Waals surface area contributed by atoms with Crippen molar-refractivity contribution in [2.75, 3.05) is 19.6 Å². The molecule has 3 unspecified atom stereocenters. The third-order valence-corrected chi connectivity index (χ3v) is 4.92. The fourth-order valence-electron chi connectivity index (χ4n) is 3.48. The number of nitrogens with zero attached hydrogens (tertiary/aromatic N) is 2. The van der Waals surface area contributed by atoms with Gasteiger partial charge >= 0.3 is 5.97 Å². The highest BCUT2D eigenvalue weighted by Crippen LogP contribution is 2.20. The van der Waals surface area contributed by atoms with E-state index in [0.717, 1.165) is 0 Å². The molecule has 3 atom stereocenters. The highest BCUT2D eigenvalue weighted by Gasteiger charge is 2.38. The fraction of sp³-hybridized carbons (Fsp3) is 0.737. The predicted octanol–water partition coefficient (Wildman–Crippen LogP) is -1.91. The van der Waals surface area contributed by atoms with Gasteiger partial charge in [0.1, 0.15) is 18.1 Å². The summed E-state index contributed by atoms with van der Waals surface area (Å²) in [6, 6.07) is -2.71. The molecule has 0 saturated carbocycles. The molecule has 1 rings (SSSR count). The molecule has 1 fully saturated rings. The largest absolute Gasteiger partial charge is 0.480 e. The second kappa shape index (κ2) is 12.7. The molecule has 0 bridgehead atoms. The molecule has 1 aliphatic rings. The van der Waals surface area contributed by atoms with E-state index in [4.69, 9.17) is 17.2 Å². The lowest BCUT2D eigenvalue weighted by Gasteiger charge is -2.29. The first-order valence-electron chi connectivity index (χ1n) is 10.4. The van der Waals surface area contributed by atoms with Gasteiger partial charge in [-0.1, -0.05) is 13.8 Å². The Bertz CT molecular complexity index is 679. The summed E-state index contributed by atoms with van der Waals surface area (Å²) in [7, 11) is 0. The van der Waals surface area contributed by atoms with E-state index in [2.05, 4.69) is 15.6 Å². The molecule has 12 nitrogen and oxygen atoms in total. The van der Waals surface area contributed by atoms with Gasteiger partial charge in [-0.2, -0.15) is 0 Å². The Labute approximate surface area is 182 Å². The van der Waals surface area contributed by atoms with E-state index in [1.54, 1.807) is 0 Å². The smallest absolute Gasteiger partial charge is 0.326 e. The Morgan fingerprint density at radius 2 is 1.84 bits per heavy atom. The van der Waals surface area contributed by atoms with Gasteiger partial charge in [0.25, 0.3) is 0 Å². The van der Waals surface area contributed by atoms with Crippen LogP contribution in [-0.2, 0) is 19.2 Å². The van der Waals surface area contributed by atoms with Gasteiger partial charge in [0.15, 0.2) is 5.96 Å². The maximum Gasteiger partial charge on any atom is 0.326 e. The minimum Gasteiger partial charge on any atom is -0.480 e. The Balaban J connectivity index is 2.88. The zero-order chi connectivity index (χ0) is 23.6. The Hall–Kier alpha value is -2.89. The second-order valence-electron chi connectivity index (χ2n) is 7.99. The molecule has 0 aliphatic carbocycles. The lowest BCUT2D eigenvalue weighted by atomic mass is 10.0. The van der Waals surface area contributed by atoms with Crippen molar-refractivity contribution in [3.05, 3.63) is 0 Å². The molecule has 0 aromatic rings. The van der Waals surface area contributed by atoms with Crippen LogP contribution in [-0.4, -0.2) is 77.4 Å². The summed E-state index contributed by atoms with van der Waals surface area (Å²) in [6.07, 6.45) is 1.98. The predicted molar refractivity (Wildman–Crippen MR) is 115 cm³/mol. The monoisotopic (exact) mass is 441 g/mol. The first kappa shape index (κ1) is 26.1. The zero-order valence-corrected chi connectivity index (χ0v) is 18.2. The van der Waals surface area contributed by atoms with E-state index in [0.29, 0.717) is 25.8 Å². The third-order valence-electron chi connectivity index (χ3n) is 4.92. The van der Waals surface area contributed by atoms with Crippen molar-refractivity contribution in [2.24, 2.45) is 28.1 Å². The molecule has 0 spiro atoms. The number of amides is 3. The van der Waals surface area contributed by atoms with Crippen LogP contribution in [0.2, 0.25) is 0 Å². The minimum atomic E-state index is -1.12. The van der Waals surface area contributed by atoms with Gasteiger partial charge in [0, 0.05) is 13.1 Å². The van der Waals surface area contributed by atoms with E-state index in [1.165, 1.54) is 4.90 Å². The number of hydrogen-bond acceptors (Lipinski definition) is 6. The van der Waals surface area contributed by atoms with Crippen molar-refractivity contribution < 1.29 is 24.3 Å². The molecule has 31 heavy (non-hydrogen) atoms. The fourth-order valence-corrected chi connectivity index (χ4v) is 3.48. The summed E-state index contributed by atoms with van der Waals surface area (Å²) >= 11 is 0. The van der Waals surface area contributed by atoms with Gasteiger partial charge < -0.3 is 37.8 Å². The summed E-state index contributed by atoms with van der Waals surface area (Å²) in [6.45, 7) is 4.06. The van der Waals surface area contributed by atoms with Gasteiger partial charge in [-0.25, -0.2) is 4.79 Å². The van der Waals surface area contributed by atoms with Crippen LogP contribution in [0.3, 0.4) is 0 Å². The zero-order valence-electron chi connectivity index (χ0n) is 18.2. The van der Waals surface area contributed by atoms with Crippen LogP contribution in [0.15, 0.2) is 4.99 Å². The first-order chi connectivity index (χ1) is 14.6. The average Bonchev–Trinajstić information content (AvgIpc) is 3.18. The molecule has 1 saturated heterocycles. The SMILES string of the molecule is CC(C)CC(NC(=O)C1CCCN1C(=O)C(CCCN=C(N)N)NC(=O)CN)C(=O)O. The molecule has 12 heteroatoms. The lowest BCUT2D eigenvalue weighted by molar-refractivity contribution is -0.145. The topological polar surface area (TPSA) is 206 Å². The molecule has 176 valence electrons. The van der Waals surface area contributed by atoms with Crippen LogP contribution in [0.5, 0.6) is 0 Å². The van der Waals surface area contributed by atoms with E-state index in [1.807, 2.05) is 13.8 Å². The number of carboxylic acids is 1. The van der Waals surface area contributed by atoms with Gasteiger partial charge in [-0.05, 0) is 38.0 Å².